The number of nitrogens with one attached hydrogen (secondary N) is 2. The normalized spacial score (nSPS) is 12.1. The van der Waals surface area contributed by atoms with Crippen molar-refractivity contribution >= 4 is 5.91 Å². The van der Waals surface area contributed by atoms with Gasteiger partial charge in [0.1, 0.15) is 5.75 Å². The Bertz CT molecular complexity index is 322. The number of carbonyl (C=O) groups excluding carboxylic acids is 1. The molecule has 1 unspecified atom stereocenters. The van der Waals surface area contributed by atoms with E-state index in [0.717, 1.165) is 5.56 Å². The molecule has 15 heavy (non-hydrogen) atoms. The Hall–Kier alpha value is -1.55. The largest absolute Gasteiger partial charge is 0.508 e. The van der Waals surface area contributed by atoms with Gasteiger partial charge in [0.25, 0.3) is 0 Å². The number of benzene rings is 1. The highest BCUT2D eigenvalue weighted by Crippen LogP contribution is 2.11. The number of phenolic OH excluding ortho intramolecular Hbond substituents is 1. The fourth-order valence-corrected chi connectivity index (χ4v) is 1.37. The van der Waals surface area contributed by atoms with Crippen LogP contribution in [0.3, 0.4) is 0 Å². The van der Waals surface area contributed by atoms with Crippen LogP contribution in [0, 0.1) is 0 Å². The van der Waals surface area contributed by atoms with Crippen LogP contribution in [-0.4, -0.2) is 31.2 Å². The molecule has 0 aromatic heterocycles. The number of hydrogen-bond acceptors (Lipinski definition) is 3. The monoisotopic (exact) mass is 208 g/mol. The van der Waals surface area contributed by atoms with Gasteiger partial charge >= 0.3 is 0 Å². The van der Waals surface area contributed by atoms with E-state index in [2.05, 4.69) is 10.6 Å². The van der Waals surface area contributed by atoms with Crippen LogP contribution in [0.2, 0.25) is 0 Å². The smallest absolute Gasteiger partial charge is 0.237 e. The molecule has 3 N–H and O–H groups in total. The lowest BCUT2D eigenvalue weighted by Crippen LogP contribution is -2.42. The molecule has 0 fully saturated rings. The highest BCUT2D eigenvalue weighted by Gasteiger charge is 2.14. The summed E-state index contributed by atoms with van der Waals surface area (Å²) in [6.45, 7) is 0. The van der Waals surface area contributed by atoms with Crippen molar-refractivity contribution in [1.82, 2.24) is 10.6 Å². The predicted molar refractivity (Wildman–Crippen MR) is 58.7 cm³/mol. The average Bonchev–Trinajstić information content (AvgIpc) is 2.27. The molecule has 0 aliphatic rings. The molecule has 0 saturated carbocycles. The number of aromatic hydroxyl groups is 1. The number of likely N-dealkylation sites (N-methyl/N-ethyl adjacent to an activating group) is 2. The van der Waals surface area contributed by atoms with E-state index in [4.69, 9.17) is 5.11 Å². The summed E-state index contributed by atoms with van der Waals surface area (Å²) in [4.78, 5) is 11.4. The summed E-state index contributed by atoms with van der Waals surface area (Å²) >= 11 is 0. The van der Waals surface area contributed by atoms with Crippen molar-refractivity contribution in [2.75, 3.05) is 14.1 Å². The van der Waals surface area contributed by atoms with Gasteiger partial charge in [0.05, 0.1) is 6.04 Å². The van der Waals surface area contributed by atoms with Gasteiger partial charge in [-0.2, -0.15) is 0 Å². The van der Waals surface area contributed by atoms with Crippen LogP contribution < -0.4 is 10.6 Å². The molecule has 4 nitrogen and oxygen atoms in total. The summed E-state index contributed by atoms with van der Waals surface area (Å²) in [6.07, 6.45) is 0.608. The third-order valence-electron chi connectivity index (χ3n) is 2.29. The third kappa shape index (κ3) is 3.25. The molecule has 0 bridgehead atoms. The van der Waals surface area contributed by atoms with E-state index in [1.54, 1.807) is 26.2 Å². The first-order valence-electron chi connectivity index (χ1n) is 4.84. The average molecular weight is 208 g/mol. The first kappa shape index (κ1) is 11.5. The van der Waals surface area contributed by atoms with Gasteiger partial charge in [-0.15, -0.1) is 0 Å². The maximum atomic E-state index is 11.4. The highest BCUT2D eigenvalue weighted by atomic mass is 16.3. The molecule has 0 aliphatic heterocycles. The zero-order valence-corrected chi connectivity index (χ0v) is 8.95. The van der Waals surface area contributed by atoms with Crippen molar-refractivity contribution in [3.63, 3.8) is 0 Å². The maximum Gasteiger partial charge on any atom is 0.237 e. The van der Waals surface area contributed by atoms with E-state index in [0.29, 0.717) is 6.42 Å². The predicted octanol–water partition coefficient (Wildman–Crippen LogP) is 0.269. The Balaban J connectivity index is 2.66. The molecule has 1 rings (SSSR count). The molecule has 1 aromatic rings. The molecule has 1 aromatic carbocycles. The lowest BCUT2D eigenvalue weighted by Gasteiger charge is -2.14. The maximum absolute atomic E-state index is 11.4. The van der Waals surface area contributed by atoms with Gasteiger partial charge in [-0.3, -0.25) is 4.79 Å². The molecule has 0 spiro atoms. The van der Waals surface area contributed by atoms with Crippen LogP contribution in [0.1, 0.15) is 5.56 Å². The zero-order chi connectivity index (χ0) is 11.3. The molecule has 0 radical (unpaired) electrons. The van der Waals surface area contributed by atoms with E-state index in [-0.39, 0.29) is 17.7 Å². The summed E-state index contributed by atoms with van der Waals surface area (Å²) in [5, 5.41) is 14.6. The fraction of sp³-hybridized carbons (Fsp3) is 0.364. The lowest BCUT2D eigenvalue weighted by molar-refractivity contribution is -0.122. The zero-order valence-electron chi connectivity index (χ0n) is 8.95. The molecular weight excluding hydrogens is 192 g/mol. The topological polar surface area (TPSA) is 61.4 Å². The fourth-order valence-electron chi connectivity index (χ4n) is 1.37. The van der Waals surface area contributed by atoms with Gasteiger partial charge < -0.3 is 15.7 Å². The van der Waals surface area contributed by atoms with Crippen molar-refractivity contribution < 1.29 is 9.90 Å². The van der Waals surface area contributed by atoms with Crippen LogP contribution in [-0.2, 0) is 11.2 Å². The Labute approximate surface area is 89.3 Å². The van der Waals surface area contributed by atoms with Crippen molar-refractivity contribution in [3.05, 3.63) is 29.8 Å². The second-order valence-corrected chi connectivity index (χ2v) is 3.33. The molecule has 0 saturated heterocycles. The molecule has 4 heteroatoms. The molecular formula is C11H16N2O2. The first-order chi connectivity index (χ1) is 7.17. The van der Waals surface area contributed by atoms with Gasteiger partial charge in [0, 0.05) is 7.05 Å². The minimum absolute atomic E-state index is 0.0365. The first-order valence-corrected chi connectivity index (χ1v) is 4.84. The number of hydrogen-bond donors (Lipinski definition) is 3. The molecule has 82 valence electrons. The van der Waals surface area contributed by atoms with Crippen molar-refractivity contribution in [3.8, 4) is 5.75 Å². The Morgan fingerprint density at radius 1 is 1.33 bits per heavy atom. The van der Waals surface area contributed by atoms with Crippen molar-refractivity contribution in [2.24, 2.45) is 0 Å². The summed E-state index contributed by atoms with van der Waals surface area (Å²) < 4.78 is 0. The number of phenols is 1. The second-order valence-electron chi connectivity index (χ2n) is 3.33. The third-order valence-corrected chi connectivity index (χ3v) is 2.29. The van der Waals surface area contributed by atoms with Crippen LogP contribution in [0.5, 0.6) is 5.75 Å². The lowest BCUT2D eigenvalue weighted by atomic mass is 10.1. The van der Waals surface area contributed by atoms with E-state index in [1.165, 1.54) is 0 Å². The van der Waals surface area contributed by atoms with Gasteiger partial charge in [-0.1, -0.05) is 12.1 Å². The second kappa shape index (κ2) is 5.36. The number of carbonyl (C=O) groups is 1. The van der Waals surface area contributed by atoms with Crippen LogP contribution >= 0.6 is 0 Å². The molecule has 0 aliphatic carbocycles. The Morgan fingerprint density at radius 2 is 1.93 bits per heavy atom. The summed E-state index contributed by atoms with van der Waals surface area (Å²) in [7, 11) is 3.36. The van der Waals surface area contributed by atoms with Crippen LogP contribution in [0.25, 0.3) is 0 Å². The van der Waals surface area contributed by atoms with E-state index >= 15 is 0 Å². The van der Waals surface area contributed by atoms with Crippen molar-refractivity contribution in [1.29, 1.82) is 0 Å². The minimum Gasteiger partial charge on any atom is -0.508 e. The van der Waals surface area contributed by atoms with Gasteiger partial charge in [-0.25, -0.2) is 0 Å². The summed E-state index contributed by atoms with van der Waals surface area (Å²) in [6, 6.07) is 6.61. The quantitative estimate of drug-likeness (QED) is 0.665. The Morgan fingerprint density at radius 3 is 2.40 bits per heavy atom. The minimum atomic E-state index is -0.237. The Kier molecular flexibility index (Phi) is 4.12. The SMILES string of the molecule is CNC(=O)C(Cc1ccc(O)cc1)NC. The summed E-state index contributed by atoms with van der Waals surface area (Å²) in [5.74, 6) is 0.199. The van der Waals surface area contributed by atoms with Gasteiger partial charge in [0.15, 0.2) is 0 Å². The van der Waals surface area contributed by atoms with E-state index in [1.807, 2.05) is 12.1 Å². The van der Waals surface area contributed by atoms with E-state index < -0.39 is 0 Å². The highest BCUT2D eigenvalue weighted by molar-refractivity contribution is 5.81. The number of amides is 1. The molecule has 1 atom stereocenters. The van der Waals surface area contributed by atoms with Gasteiger partial charge in [-0.05, 0) is 31.2 Å². The van der Waals surface area contributed by atoms with Gasteiger partial charge in [0.2, 0.25) is 5.91 Å². The van der Waals surface area contributed by atoms with Crippen LogP contribution in [0.4, 0.5) is 0 Å². The molecule has 1 amide bonds. The summed E-state index contributed by atoms with van der Waals surface area (Å²) in [5.41, 5.74) is 1.01. The molecule has 0 heterocycles. The standard InChI is InChI=1S/C11H16N2O2/c1-12-10(11(15)13-2)7-8-3-5-9(14)6-4-8/h3-6,10,12,14H,7H2,1-2H3,(H,13,15). The van der Waals surface area contributed by atoms with E-state index in [9.17, 15) is 4.79 Å². The number of rotatable bonds is 4. The van der Waals surface area contributed by atoms with Crippen molar-refractivity contribution in [2.45, 2.75) is 12.5 Å². The van der Waals surface area contributed by atoms with Crippen LogP contribution in [0.15, 0.2) is 24.3 Å².